The van der Waals surface area contributed by atoms with Crippen molar-refractivity contribution in [1.82, 2.24) is 0 Å². The molecule has 0 spiro atoms. The maximum Gasteiger partial charge on any atom is 0.0950 e. The van der Waals surface area contributed by atoms with Crippen molar-refractivity contribution >= 4 is 311 Å². The second-order valence-corrected chi connectivity index (χ2v) is 36.6. The van der Waals surface area contributed by atoms with Crippen LogP contribution in [0.4, 0.5) is 0 Å². The van der Waals surface area contributed by atoms with Gasteiger partial charge in [-0.25, -0.2) is 0 Å². The fourth-order valence-corrected chi connectivity index (χ4v) is 28.9. The lowest BCUT2D eigenvalue weighted by molar-refractivity contribution is 0.610. The Kier molecular flexibility index (Phi) is 3.65. The highest BCUT2D eigenvalue weighted by molar-refractivity contribution is 7.99. The van der Waals surface area contributed by atoms with Crippen LogP contribution in [0.25, 0.3) is 291 Å². The van der Waals surface area contributed by atoms with E-state index in [-0.39, 0.29) is 5.92 Å². The Morgan fingerprint density at radius 2 is 0.506 bits per heavy atom. The van der Waals surface area contributed by atoms with Crippen LogP contribution >= 0.6 is 11.8 Å². The highest BCUT2D eigenvalue weighted by atomic mass is 32.2. The first kappa shape index (κ1) is 34.8. The van der Waals surface area contributed by atoms with E-state index < -0.39 is 13.5 Å². The van der Waals surface area contributed by atoms with Gasteiger partial charge < -0.3 is 0 Å². The van der Waals surface area contributed by atoms with Crippen molar-refractivity contribution in [2.45, 2.75) is 41.9 Å². The predicted molar refractivity (Wildman–Crippen MR) is 360 cm³/mol. The maximum atomic E-state index is 4.63. The summed E-state index contributed by atoms with van der Waals surface area (Å²) in [5.41, 5.74) is 9.17. The maximum absolute atomic E-state index is 4.63. The van der Waals surface area contributed by atoms with E-state index in [1.54, 1.807) is 313 Å². The van der Waals surface area contributed by atoms with Crippen LogP contribution in [-0.2, 0) is 5.41 Å². The van der Waals surface area contributed by atoms with E-state index in [2.05, 4.69) is 91.9 Å². The van der Waals surface area contributed by atoms with Gasteiger partial charge in [0.05, 0.1) is 5.41 Å². The summed E-state index contributed by atoms with van der Waals surface area (Å²) in [6.45, 7) is 7.40. The van der Waals surface area contributed by atoms with Crippen molar-refractivity contribution in [1.29, 1.82) is 0 Å². The fourth-order valence-electron chi connectivity index (χ4n) is 25.4. The van der Waals surface area contributed by atoms with E-state index >= 15 is 0 Å². The number of hydrogen-bond donors (Lipinski definition) is 0. The molecule has 0 aromatic heterocycles. The Balaban J connectivity index is 0.835. The van der Waals surface area contributed by atoms with Crippen LogP contribution in [0.3, 0.4) is 0 Å². The molecule has 30 aromatic rings. The van der Waals surface area contributed by atoms with Crippen molar-refractivity contribution in [3.8, 4) is 23.7 Å². The standard InChI is InChI=1S/C81H22SSi/c1-83(2,3)17-16-82-21-12-10-19(11-13-21)5-4-18-6-8-20(9-7-18)14-15-81-78-74-68-54-46-38-26-23-22-24-27(26)39-41-37-31(24)33-29-25(22)28-32-30(23)36-40(38)52(54)60-58-44(36)42(32)50-48-34(28)35(29)49-51-43(33)45(37)59-61-53(41)55(47(39)46)69(68)75(78)71(61)73-65(59)63(51)67-57(49)56(48)66-62(50)64(58)72(70(60)74)79(81)76(66)77(67)80(73)81/h6-13,78H,16-17H2,1-3H3. The molecule has 0 N–H and O–H groups in total. The zero-order valence-corrected chi connectivity index (χ0v) is 45.8. The molecule has 83 heavy (non-hydrogen) atoms. The third-order valence-electron chi connectivity index (χ3n) is 26.7. The average molecular weight is 1060 g/mol. The quantitative estimate of drug-likeness (QED) is 0.0733. The van der Waals surface area contributed by atoms with Gasteiger partial charge in [0.15, 0.2) is 0 Å². The summed E-state index contributed by atoms with van der Waals surface area (Å²) in [5.74, 6) is 17.2. The lowest BCUT2D eigenvalue weighted by Crippen LogP contribution is -2.36. The van der Waals surface area contributed by atoms with Gasteiger partial charge in [0.25, 0.3) is 0 Å². The Labute approximate surface area is 466 Å². The van der Waals surface area contributed by atoms with Crippen LogP contribution in [0.1, 0.15) is 44.9 Å². The van der Waals surface area contributed by atoms with Gasteiger partial charge in [0.2, 0.25) is 0 Å². The molecule has 34 rings (SSSR count). The summed E-state index contributed by atoms with van der Waals surface area (Å²) in [7, 11) is -1.05. The Morgan fingerprint density at radius 1 is 0.289 bits per heavy atom. The summed E-state index contributed by atoms with van der Waals surface area (Å²) < 4.78 is 0. The SMILES string of the molecule is C[Si](C)(C)CCSc1ccc(C#Cc2ccc(C#CC34c5c6c7c8c9c%10c(c%11c%12c3c3c5c5c%13c6c6c7c7c9c9c%14c%10c%10c%11c%11c%12c%12c3c3c5c5c%13c%13c6c6c7c9c7c9c%14c%10c%10c%11c%11c%12c3c3c5c5c%13c6c7c6c9c%10c%11c3c56)C84)cc2)cc1. The molecule has 0 unspecified atom stereocenters. The van der Waals surface area contributed by atoms with Crippen molar-refractivity contribution in [2.75, 3.05) is 5.75 Å². The van der Waals surface area contributed by atoms with E-state index in [1.807, 2.05) is 11.8 Å². The molecule has 0 saturated heterocycles. The first-order chi connectivity index (χ1) is 41.0. The van der Waals surface area contributed by atoms with Gasteiger partial charge in [-0.1, -0.05) is 43.3 Å². The van der Waals surface area contributed by atoms with E-state index in [0.717, 1.165) is 16.7 Å². The molecule has 0 radical (unpaired) electrons. The zero-order chi connectivity index (χ0) is 51.0. The second-order valence-electron chi connectivity index (χ2n) is 29.8. The van der Waals surface area contributed by atoms with Gasteiger partial charge in [0.1, 0.15) is 0 Å². The van der Waals surface area contributed by atoms with Crippen molar-refractivity contribution in [2.24, 2.45) is 0 Å². The third-order valence-corrected chi connectivity index (χ3v) is 29.9. The summed E-state index contributed by atoms with van der Waals surface area (Å²) in [6, 6.07) is 19.3. The molecule has 0 heterocycles. The third kappa shape index (κ3) is 2.32. The van der Waals surface area contributed by atoms with Gasteiger partial charge in [-0.3, -0.25) is 0 Å². The molecule has 0 fully saturated rings. The van der Waals surface area contributed by atoms with Crippen molar-refractivity contribution in [3.05, 3.63) is 87.5 Å². The van der Waals surface area contributed by atoms with Gasteiger partial charge in [0, 0.05) is 35.6 Å². The smallest absolute Gasteiger partial charge is 0.0950 e. The molecule has 356 valence electrons. The van der Waals surface area contributed by atoms with Crippen LogP contribution < -0.4 is 0 Å². The first-order valence-corrected chi connectivity index (χ1v) is 35.3. The predicted octanol–water partition coefficient (Wildman–Crippen LogP) is 22.0. The molecular weight excluding hydrogens is 1030 g/mol. The molecule has 0 amide bonds. The zero-order valence-electron chi connectivity index (χ0n) is 44.0. The molecule has 30 aromatic carbocycles. The molecule has 0 nitrogen and oxygen atoms in total. The second kappa shape index (κ2) is 8.72. The molecule has 2 heteroatoms. The average Bonchev–Trinajstić information content (AvgIpc) is 1.39. The van der Waals surface area contributed by atoms with Crippen LogP contribution in [0, 0.1) is 23.7 Å². The van der Waals surface area contributed by atoms with E-state index in [9.17, 15) is 0 Å². The summed E-state index contributed by atoms with van der Waals surface area (Å²) in [4.78, 5) is 1.34. The van der Waals surface area contributed by atoms with E-state index in [1.165, 1.54) is 16.7 Å². The largest absolute Gasteiger partial charge is 0.126 e. The monoisotopic (exact) mass is 1050 g/mol. The van der Waals surface area contributed by atoms with Crippen LogP contribution in [0.2, 0.25) is 25.7 Å². The van der Waals surface area contributed by atoms with Crippen molar-refractivity contribution in [3.63, 3.8) is 0 Å². The minimum atomic E-state index is -1.05. The molecule has 0 aliphatic heterocycles. The number of benzene rings is 20. The molecule has 0 bridgehead atoms. The normalized spacial score (nSPS) is 19.1. The summed E-state index contributed by atoms with van der Waals surface area (Å²) >= 11 is 1.98. The Bertz CT molecular complexity index is 7970. The van der Waals surface area contributed by atoms with Gasteiger partial charge in [-0.2, -0.15) is 0 Å². The topological polar surface area (TPSA) is 0 Å². The first-order valence-electron chi connectivity index (χ1n) is 30.6. The molecule has 4 aliphatic rings. The van der Waals surface area contributed by atoms with Gasteiger partial charge in [-0.05, 0) is 373 Å². The molecule has 4 aliphatic carbocycles. The summed E-state index contributed by atoms with van der Waals surface area (Å²) in [6.07, 6.45) is 0. The number of thioether (sulfide) groups is 1. The van der Waals surface area contributed by atoms with Crippen LogP contribution in [0.5, 0.6) is 0 Å². The highest BCUT2D eigenvalue weighted by Gasteiger charge is 2.63. The number of hydrogen-bond acceptors (Lipinski definition) is 1. The minimum absolute atomic E-state index is 0.107. The molecule has 0 saturated carbocycles. The lowest BCUT2D eigenvalue weighted by Gasteiger charge is -2.41. The van der Waals surface area contributed by atoms with Crippen LogP contribution in [-0.4, -0.2) is 13.8 Å². The van der Waals surface area contributed by atoms with Crippen molar-refractivity contribution < 1.29 is 0 Å². The van der Waals surface area contributed by atoms with E-state index in [4.69, 9.17) is 0 Å². The Morgan fingerprint density at radius 3 is 0.783 bits per heavy atom. The molecular formula is C81H22SSi. The highest BCUT2D eigenvalue weighted by Crippen LogP contribution is 2.83. The number of rotatable bonds is 4. The van der Waals surface area contributed by atoms with Gasteiger partial charge >= 0.3 is 0 Å². The summed E-state index contributed by atoms with van der Waals surface area (Å²) in [5, 5.41) is 88.1. The van der Waals surface area contributed by atoms with Gasteiger partial charge in [-0.15, -0.1) is 11.8 Å². The van der Waals surface area contributed by atoms with Crippen LogP contribution in [0.15, 0.2) is 53.4 Å². The van der Waals surface area contributed by atoms with E-state index in [0.29, 0.717) is 0 Å². The molecule has 0 atom stereocenters. The lowest BCUT2D eigenvalue weighted by atomic mass is 9.57. The fraction of sp³-hybridized carbons (Fsp3) is 0.0864. The minimum Gasteiger partial charge on any atom is -0.126 e. The Hall–Kier alpha value is -9.41.